The number of guanidine groups is 1. The zero-order chi connectivity index (χ0) is 19.1. The number of aliphatic imine (C=N–C) groups is 1. The summed E-state index contributed by atoms with van der Waals surface area (Å²) in [6.07, 6.45) is 7.98. The van der Waals surface area contributed by atoms with Crippen LogP contribution in [-0.4, -0.2) is 49.7 Å². The number of rotatable bonds is 6. The molecule has 0 radical (unpaired) electrons. The fourth-order valence-corrected chi connectivity index (χ4v) is 4.37. The van der Waals surface area contributed by atoms with Gasteiger partial charge in [0.25, 0.3) is 0 Å². The van der Waals surface area contributed by atoms with E-state index in [1.807, 2.05) is 18.2 Å². The smallest absolute Gasteiger partial charge is 0.191 e. The van der Waals surface area contributed by atoms with Gasteiger partial charge >= 0.3 is 0 Å². The number of hydrogen-bond donors (Lipinski definition) is 2. The second kappa shape index (κ2) is 10.2. The highest BCUT2D eigenvalue weighted by Crippen LogP contribution is 2.26. The minimum absolute atomic E-state index is 0.493. The first-order valence-corrected chi connectivity index (χ1v) is 10.7. The molecule has 0 atom stereocenters. The van der Waals surface area contributed by atoms with Gasteiger partial charge in [0.2, 0.25) is 0 Å². The Morgan fingerprint density at radius 2 is 1.96 bits per heavy atom. The molecule has 0 aromatic heterocycles. The van der Waals surface area contributed by atoms with Crippen LogP contribution < -0.4 is 15.4 Å². The van der Waals surface area contributed by atoms with Crippen molar-refractivity contribution in [2.24, 2.45) is 4.99 Å². The van der Waals surface area contributed by atoms with Crippen molar-refractivity contribution in [1.82, 2.24) is 15.5 Å². The third kappa shape index (κ3) is 5.76. The molecule has 27 heavy (non-hydrogen) atoms. The van der Waals surface area contributed by atoms with Crippen molar-refractivity contribution in [3.63, 3.8) is 0 Å². The van der Waals surface area contributed by atoms with Gasteiger partial charge in [0.15, 0.2) is 5.96 Å². The molecule has 0 bridgehead atoms. The van der Waals surface area contributed by atoms with Crippen LogP contribution in [0, 0.1) is 0 Å². The highest BCUT2D eigenvalue weighted by atomic mass is 35.5. The van der Waals surface area contributed by atoms with Gasteiger partial charge in [0.1, 0.15) is 5.75 Å². The molecule has 1 aromatic rings. The van der Waals surface area contributed by atoms with Crippen molar-refractivity contribution in [1.29, 1.82) is 0 Å². The molecule has 150 valence electrons. The number of nitrogens with zero attached hydrogens (tertiary/aromatic N) is 2. The molecule has 6 heteroatoms. The Morgan fingerprint density at radius 3 is 2.63 bits per heavy atom. The first-order chi connectivity index (χ1) is 13.2. The molecule has 1 aliphatic carbocycles. The van der Waals surface area contributed by atoms with Crippen LogP contribution in [0.1, 0.15) is 51.0 Å². The summed E-state index contributed by atoms with van der Waals surface area (Å²) in [5.74, 6) is 1.67. The number of nitrogens with one attached hydrogen (secondary N) is 2. The maximum Gasteiger partial charge on any atom is 0.191 e. The summed E-state index contributed by atoms with van der Waals surface area (Å²) < 4.78 is 5.43. The first-order valence-electron chi connectivity index (χ1n) is 10.3. The van der Waals surface area contributed by atoms with E-state index in [4.69, 9.17) is 21.3 Å². The average Bonchev–Trinajstić information content (AvgIpc) is 3.22. The Kier molecular flexibility index (Phi) is 7.65. The topological polar surface area (TPSA) is 48.9 Å². The summed E-state index contributed by atoms with van der Waals surface area (Å²) in [7, 11) is 1.67. The molecule has 2 N–H and O–H groups in total. The molecule has 3 rings (SSSR count). The highest BCUT2D eigenvalue weighted by Gasteiger charge is 2.27. The summed E-state index contributed by atoms with van der Waals surface area (Å²) >= 11 is 6.05. The lowest BCUT2D eigenvalue weighted by Crippen LogP contribution is -2.50. The first kappa shape index (κ1) is 20.3. The highest BCUT2D eigenvalue weighted by molar-refractivity contribution is 6.30. The zero-order valence-corrected chi connectivity index (χ0v) is 17.4. The van der Waals surface area contributed by atoms with Crippen LogP contribution in [0.5, 0.6) is 5.75 Å². The van der Waals surface area contributed by atoms with E-state index in [2.05, 4.69) is 22.5 Å². The van der Waals surface area contributed by atoms with E-state index < -0.39 is 0 Å². The zero-order valence-electron chi connectivity index (χ0n) is 16.6. The predicted octanol–water partition coefficient (Wildman–Crippen LogP) is 3.81. The minimum atomic E-state index is 0.493. The van der Waals surface area contributed by atoms with Crippen LogP contribution in [0.25, 0.3) is 0 Å². The Bertz CT molecular complexity index is 623. The van der Waals surface area contributed by atoms with Crippen LogP contribution in [0.3, 0.4) is 0 Å². The van der Waals surface area contributed by atoms with Crippen molar-refractivity contribution in [3.05, 3.63) is 28.8 Å². The number of piperidine rings is 1. The Hall–Kier alpha value is -1.46. The molecule has 1 aromatic carbocycles. The minimum Gasteiger partial charge on any atom is -0.496 e. The molecule has 1 aliphatic heterocycles. The summed E-state index contributed by atoms with van der Waals surface area (Å²) in [6.45, 7) is 5.92. The van der Waals surface area contributed by atoms with Gasteiger partial charge in [-0.05, 0) is 44.7 Å². The quantitative estimate of drug-likeness (QED) is 0.571. The third-order valence-corrected chi connectivity index (χ3v) is 5.95. The van der Waals surface area contributed by atoms with E-state index in [-0.39, 0.29) is 0 Å². The van der Waals surface area contributed by atoms with Gasteiger partial charge in [-0.25, -0.2) is 4.99 Å². The number of methoxy groups -OCH3 is 1. The Labute approximate surface area is 168 Å². The lowest BCUT2D eigenvalue weighted by Gasteiger charge is -2.36. The predicted molar refractivity (Wildman–Crippen MR) is 113 cm³/mol. The van der Waals surface area contributed by atoms with Crippen LogP contribution in [0.4, 0.5) is 0 Å². The Morgan fingerprint density at radius 1 is 1.22 bits per heavy atom. The van der Waals surface area contributed by atoms with E-state index in [0.29, 0.717) is 17.6 Å². The van der Waals surface area contributed by atoms with Crippen LogP contribution in [0.15, 0.2) is 23.2 Å². The molecule has 2 fully saturated rings. The fourth-order valence-electron chi connectivity index (χ4n) is 4.20. The van der Waals surface area contributed by atoms with Gasteiger partial charge in [-0.3, -0.25) is 0 Å². The van der Waals surface area contributed by atoms with Crippen LogP contribution in [0.2, 0.25) is 5.02 Å². The van der Waals surface area contributed by atoms with Gasteiger partial charge in [0, 0.05) is 42.3 Å². The van der Waals surface area contributed by atoms with Crippen LogP contribution >= 0.6 is 11.6 Å². The van der Waals surface area contributed by atoms with Gasteiger partial charge < -0.3 is 20.3 Å². The van der Waals surface area contributed by atoms with Gasteiger partial charge in [-0.2, -0.15) is 0 Å². The summed E-state index contributed by atoms with van der Waals surface area (Å²) in [6, 6.07) is 7.03. The van der Waals surface area contributed by atoms with E-state index in [9.17, 15) is 0 Å². The lowest BCUT2D eigenvalue weighted by molar-refractivity contribution is 0.150. The molecule has 1 saturated carbocycles. The maximum atomic E-state index is 6.05. The summed E-state index contributed by atoms with van der Waals surface area (Å²) in [5, 5.41) is 7.69. The van der Waals surface area contributed by atoms with E-state index in [1.54, 1.807) is 7.11 Å². The molecular weight excluding hydrogens is 360 g/mol. The number of ether oxygens (including phenoxy) is 1. The van der Waals surface area contributed by atoms with Crippen molar-refractivity contribution in [3.8, 4) is 5.75 Å². The van der Waals surface area contributed by atoms with E-state index in [0.717, 1.165) is 29.9 Å². The molecule has 0 unspecified atom stereocenters. The SMILES string of the molecule is CCNC(=NCc1ccc(Cl)cc1OC)NC1CCN(C2CCCC2)CC1. The number of likely N-dealkylation sites (tertiary alicyclic amines) is 1. The molecule has 1 heterocycles. The number of benzene rings is 1. The molecule has 0 amide bonds. The second-order valence-corrected chi connectivity index (χ2v) is 7.98. The lowest BCUT2D eigenvalue weighted by atomic mass is 10.0. The largest absolute Gasteiger partial charge is 0.496 e. The number of halogens is 1. The summed E-state index contributed by atoms with van der Waals surface area (Å²) in [5.41, 5.74) is 1.04. The summed E-state index contributed by atoms with van der Waals surface area (Å²) in [4.78, 5) is 7.47. The van der Waals surface area contributed by atoms with E-state index >= 15 is 0 Å². The number of hydrogen-bond acceptors (Lipinski definition) is 3. The monoisotopic (exact) mass is 392 g/mol. The third-order valence-electron chi connectivity index (χ3n) is 5.71. The van der Waals surface area contributed by atoms with Crippen molar-refractivity contribution in [2.75, 3.05) is 26.7 Å². The van der Waals surface area contributed by atoms with Crippen molar-refractivity contribution in [2.45, 2.75) is 64.1 Å². The van der Waals surface area contributed by atoms with Crippen molar-refractivity contribution >= 4 is 17.6 Å². The van der Waals surface area contributed by atoms with Crippen molar-refractivity contribution < 1.29 is 4.74 Å². The molecule has 1 saturated heterocycles. The maximum absolute atomic E-state index is 6.05. The van der Waals surface area contributed by atoms with Crippen LogP contribution in [-0.2, 0) is 6.54 Å². The van der Waals surface area contributed by atoms with Gasteiger partial charge in [-0.1, -0.05) is 30.5 Å². The second-order valence-electron chi connectivity index (χ2n) is 7.54. The molecule has 0 spiro atoms. The fraction of sp³-hybridized carbons (Fsp3) is 0.667. The molecule has 2 aliphatic rings. The van der Waals surface area contributed by atoms with Gasteiger partial charge in [-0.15, -0.1) is 0 Å². The average molecular weight is 393 g/mol. The Balaban J connectivity index is 1.55. The van der Waals surface area contributed by atoms with E-state index in [1.165, 1.54) is 51.6 Å². The molecular formula is C21H33ClN4O. The molecule has 5 nitrogen and oxygen atoms in total. The van der Waals surface area contributed by atoms with Gasteiger partial charge in [0.05, 0.1) is 13.7 Å². The standard InChI is InChI=1S/C21H33ClN4O/c1-3-23-21(24-15-16-8-9-17(22)14-20(16)27-2)25-18-10-12-26(13-11-18)19-6-4-5-7-19/h8-9,14,18-19H,3-7,10-13,15H2,1-2H3,(H2,23,24,25). The normalized spacial score (nSPS) is 20.0.